The monoisotopic (exact) mass is 638 g/mol. The van der Waals surface area contributed by atoms with E-state index < -0.39 is 36.3 Å². The summed E-state index contributed by atoms with van der Waals surface area (Å²) in [5, 5.41) is 12.3. The molecule has 14 heteroatoms. The molecule has 236 valence electrons. The first-order valence-electron chi connectivity index (χ1n) is 13.5. The zero-order chi connectivity index (χ0) is 32.0. The fraction of sp³-hybridized carbons (Fsp3) is 0.367. The van der Waals surface area contributed by atoms with Crippen molar-refractivity contribution in [2.75, 3.05) is 32.8 Å². The first kappa shape index (κ1) is 32.7. The van der Waals surface area contributed by atoms with Crippen molar-refractivity contribution in [3.63, 3.8) is 0 Å². The quantitative estimate of drug-likeness (QED) is 0.263. The minimum absolute atomic E-state index is 0.0238. The van der Waals surface area contributed by atoms with Crippen molar-refractivity contribution in [3.05, 3.63) is 69.6 Å². The molecule has 4 rings (SSSR count). The number of ether oxygens (including phenoxy) is 4. The SMILES string of the molecule is COc1cc(NC(=O)C(C[C@@H]2CCCCO2)n2cc(OC)c(-c3cc(Cl)ccc3OCC(F)(F)F)cc2=O)ccc1C(=O)O. The molecule has 1 fully saturated rings. The lowest BCUT2D eigenvalue weighted by atomic mass is 10.00. The van der Waals surface area contributed by atoms with Gasteiger partial charge in [0.2, 0.25) is 5.91 Å². The van der Waals surface area contributed by atoms with Crippen LogP contribution in [0, 0.1) is 0 Å². The minimum Gasteiger partial charge on any atom is -0.496 e. The number of carboxylic acid groups (broad SMARTS) is 1. The molecule has 2 N–H and O–H groups in total. The summed E-state index contributed by atoms with van der Waals surface area (Å²) in [6, 6.07) is 8.01. The predicted octanol–water partition coefficient (Wildman–Crippen LogP) is 5.96. The Morgan fingerprint density at radius 3 is 2.43 bits per heavy atom. The molecule has 1 unspecified atom stereocenters. The van der Waals surface area contributed by atoms with Gasteiger partial charge in [-0.15, -0.1) is 0 Å². The number of hydrogen-bond donors (Lipinski definition) is 2. The third-order valence-corrected chi connectivity index (χ3v) is 7.22. The maximum absolute atomic E-state index is 13.7. The molecule has 1 aliphatic rings. The fourth-order valence-corrected chi connectivity index (χ4v) is 5.08. The van der Waals surface area contributed by atoms with Crippen LogP contribution in [0.3, 0.4) is 0 Å². The molecule has 2 atom stereocenters. The molecule has 0 aliphatic carbocycles. The highest BCUT2D eigenvalue weighted by Crippen LogP contribution is 2.38. The van der Waals surface area contributed by atoms with Crippen LogP contribution in [-0.4, -0.2) is 61.3 Å². The number of carbonyl (C=O) groups excluding carboxylic acids is 1. The zero-order valence-corrected chi connectivity index (χ0v) is 24.5. The van der Waals surface area contributed by atoms with Crippen LogP contribution in [0.4, 0.5) is 18.9 Å². The van der Waals surface area contributed by atoms with Crippen LogP contribution in [0.15, 0.2) is 53.5 Å². The molecular weight excluding hydrogens is 609 g/mol. The Hall–Kier alpha value is -4.23. The standard InChI is InChI=1S/C30H30ClF3N2O8/c1-41-25-12-18(7-8-20(25)29(39)40)35-28(38)23(13-19-5-3-4-10-43-19)36-15-26(42-2)22(14-27(36)37)21-11-17(31)6-9-24(21)44-16-30(32,33)34/h6-9,11-12,14-15,19,23H,3-5,10,13,16H2,1-2H3,(H,35,38)(H,39,40)/t19-,23?/m0/s1. The van der Waals surface area contributed by atoms with Gasteiger partial charge in [0.15, 0.2) is 6.61 Å². The normalized spacial score (nSPS) is 15.7. The van der Waals surface area contributed by atoms with E-state index in [4.69, 9.17) is 30.5 Å². The summed E-state index contributed by atoms with van der Waals surface area (Å²) < 4.78 is 61.4. The maximum atomic E-state index is 13.7. The number of methoxy groups -OCH3 is 2. The molecule has 0 bridgehead atoms. The first-order chi connectivity index (χ1) is 20.9. The molecule has 0 spiro atoms. The summed E-state index contributed by atoms with van der Waals surface area (Å²) in [5.41, 5.74) is -0.333. The van der Waals surface area contributed by atoms with Crippen LogP contribution in [0.1, 0.15) is 42.1 Å². The number of aromatic carboxylic acids is 1. The Morgan fingerprint density at radius 2 is 1.80 bits per heavy atom. The van der Waals surface area contributed by atoms with Crippen LogP contribution >= 0.6 is 11.6 Å². The number of aromatic nitrogens is 1. The van der Waals surface area contributed by atoms with E-state index in [0.717, 1.165) is 18.9 Å². The number of carboxylic acids is 1. The van der Waals surface area contributed by atoms with Gasteiger partial charge in [0.1, 0.15) is 28.9 Å². The predicted molar refractivity (Wildman–Crippen MR) is 155 cm³/mol. The van der Waals surface area contributed by atoms with Gasteiger partial charge in [0, 0.05) is 47.0 Å². The third kappa shape index (κ3) is 8.03. The van der Waals surface area contributed by atoms with Crippen molar-refractivity contribution in [2.24, 2.45) is 0 Å². The van der Waals surface area contributed by atoms with E-state index in [1.165, 1.54) is 61.4 Å². The molecule has 44 heavy (non-hydrogen) atoms. The average molecular weight is 639 g/mol. The van der Waals surface area contributed by atoms with E-state index in [1.54, 1.807) is 0 Å². The van der Waals surface area contributed by atoms with Crippen molar-refractivity contribution in [1.29, 1.82) is 0 Å². The molecule has 2 heterocycles. The lowest BCUT2D eigenvalue weighted by molar-refractivity contribution is -0.153. The van der Waals surface area contributed by atoms with E-state index in [2.05, 4.69) is 5.32 Å². The van der Waals surface area contributed by atoms with Crippen LogP contribution in [-0.2, 0) is 9.53 Å². The van der Waals surface area contributed by atoms with E-state index in [0.29, 0.717) is 13.0 Å². The highest BCUT2D eigenvalue weighted by molar-refractivity contribution is 6.31. The van der Waals surface area contributed by atoms with Gasteiger partial charge < -0.3 is 29.4 Å². The smallest absolute Gasteiger partial charge is 0.422 e. The molecule has 0 saturated carbocycles. The maximum Gasteiger partial charge on any atom is 0.422 e. The van der Waals surface area contributed by atoms with Gasteiger partial charge in [-0.3, -0.25) is 14.2 Å². The second-order valence-corrected chi connectivity index (χ2v) is 10.4. The minimum atomic E-state index is -4.61. The third-order valence-electron chi connectivity index (χ3n) is 6.99. The largest absolute Gasteiger partial charge is 0.496 e. The Labute approximate surface area is 255 Å². The second-order valence-electron chi connectivity index (χ2n) is 9.99. The molecule has 2 aromatic carbocycles. The number of benzene rings is 2. The number of rotatable bonds is 11. The van der Waals surface area contributed by atoms with Crippen LogP contribution in [0.2, 0.25) is 5.02 Å². The van der Waals surface area contributed by atoms with Crippen LogP contribution < -0.4 is 25.1 Å². The van der Waals surface area contributed by atoms with E-state index in [9.17, 15) is 32.7 Å². The van der Waals surface area contributed by atoms with Crippen molar-refractivity contribution >= 4 is 29.2 Å². The lowest BCUT2D eigenvalue weighted by Crippen LogP contribution is -2.36. The molecule has 0 radical (unpaired) electrons. The topological polar surface area (TPSA) is 125 Å². The van der Waals surface area contributed by atoms with E-state index in [-0.39, 0.29) is 57.2 Å². The Kier molecular flexibility index (Phi) is 10.4. The van der Waals surface area contributed by atoms with Gasteiger partial charge in [-0.1, -0.05) is 11.6 Å². The van der Waals surface area contributed by atoms with Crippen molar-refractivity contribution < 1.29 is 46.8 Å². The molecule has 3 aromatic rings. The number of amides is 1. The number of alkyl halides is 3. The van der Waals surface area contributed by atoms with Gasteiger partial charge >= 0.3 is 12.1 Å². The molecule has 1 saturated heterocycles. The highest BCUT2D eigenvalue weighted by Gasteiger charge is 2.31. The van der Waals surface area contributed by atoms with Crippen molar-refractivity contribution in [1.82, 2.24) is 4.57 Å². The Morgan fingerprint density at radius 1 is 1.07 bits per heavy atom. The lowest BCUT2D eigenvalue weighted by Gasteiger charge is -2.28. The second kappa shape index (κ2) is 14.0. The van der Waals surface area contributed by atoms with Gasteiger partial charge in [0.25, 0.3) is 5.56 Å². The van der Waals surface area contributed by atoms with Gasteiger partial charge in [-0.05, 0) is 49.6 Å². The number of carbonyl (C=O) groups is 2. The Bertz CT molecular complexity index is 1570. The van der Waals surface area contributed by atoms with Gasteiger partial charge in [-0.2, -0.15) is 13.2 Å². The molecule has 10 nitrogen and oxygen atoms in total. The molecule has 1 aliphatic heterocycles. The molecular formula is C30H30ClF3N2O8. The summed E-state index contributed by atoms with van der Waals surface area (Å²) in [6.45, 7) is -1.07. The number of nitrogens with one attached hydrogen (secondary N) is 1. The number of pyridine rings is 1. The van der Waals surface area contributed by atoms with E-state index in [1.807, 2.05) is 0 Å². The molecule has 1 amide bonds. The summed E-state index contributed by atoms with van der Waals surface area (Å²) in [5.74, 6) is -1.89. The number of anilines is 1. The van der Waals surface area contributed by atoms with Gasteiger partial charge in [0.05, 0.1) is 26.5 Å². The van der Waals surface area contributed by atoms with Crippen molar-refractivity contribution in [2.45, 2.75) is 44.0 Å². The van der Waals surface area contributed by atoms with Crippen LogP contribution in [0.25, 0.3) is 11.1 Å². The zero-order valence-electron chi connectivity index (χ0n) is 23.8. The Balaban J connectivity index is 1.75. The van der Waals surface area contributed by atoms with Crippen molar-refractivity contribution in [3.8, 4) is 28.4 Å². The summed E-state index contributed by atoms with van der Waals surface area (Å²) in [6.07, 6.45) is -1.12. The van der Waals surface area contributed by atoms with Gasteiger partial charge in [-0.25, -0.2) is 4.79 Å². The summed E-state index contributed by atoms with van der Waals surface area (Å²) in [4.78, 5) is 38.8. The summed E-state index contributed by atoms with van der Waals surface area (Å²) in [7, 11) is 2.60. The highest BCUT2D eigenvalue weighted by atomic mass is 35.5. The first-order valence-corrected chi connectivity index (χ1v) is 13.9. The molecule has 1 aromatic heterocycles. The average Bonchev–Trinajstić information content (AvgIpc) is 2.99. The number of nitrogens with zero attached hydrogens (tertiary/aromatic N) is 1. The summed E-state index contributed by atoms with van der Waals surface area (Å²) >= 11 is 6.14. The van der Waals surface area contributed by atoms with E-state index >= 15 is 0 Å². The van der Waals surface area contributed by atoms with Crippen LogP contribution in [0.5, 0.6) is 17.2 Å². The fourth-order valence-electron chi connectivity index (χ4n) is 4.90. The number of hydrogen-bond acceptors (Lipinski definition) is 7. The number of halogens is 4.